The van der Waals surface area contributed by atoms with Crippen LogP contribution in [0.5, 0.6) is 0 Å². The lowest BCUT2D eigenvalue weighted by Gasteiger charge is -2.45. The van der Waals surface area contributed by atoms with Gasteiger partial charge in [0.05, 0.1) is 12.2 Å². The van der Waals surface area contributed by atoms with Crippen LogP contribution in [0, 0.1) is 0 Å². The minimum absolute atomic E-state index is 0.0129. The van der Waals surface area contributed by atoms with Gasteiger partial charge in [0, 0.05) is 26.1 Å². The van der Waals surface area contributed by atoms with E-state index < -0.39 is 17.8 Å². The minimum Gasteiger partial charge on any atom is -0.396 e. The van der Waals surface area contributed by atoms with Crippen molar-refractivity contribution in [3.8, 4) is 0 Å². The van der Waals surface area contributed by atoms with Crippen molar-refractivity contribution in [1.82, 2.24) is 4.90 Å². The first-order chi connectivity index (χ1) is 8.54. The topological polar surface area (TPSA) is 84.2 Å². The van der Waals surface area contributed by atoms with E-state index in [9.17, 15) is 15.3 Å². The third kappa shape index (κ3) is 3.90. The fraction of sp³-hybridized carbons (Fsp3) is 1.00. The lowest BCUT2D eigenvalue weighted by molar-refractivity contribution is -0.190. The van der Waals surface area contributed by atoms with Crippen molar-refractivity contribution in [2.45, 2.75) is 56.8 Å². The number of β-amino-alcohol motifs (C(OH)–C–C–N with tert-alkyl or cyclic N) is 2. The number of likely N-dealkylation sites (tertiary alicyclic amines) is 1. The monoisotopic (exact) mass is 261 g/mol. The first kappa shape index (κ1) is 15.9. The van der Waals surface area contributed by atoms with E-state index in [0.717, 1.165) is 19.4 Å². The highest BCUT2D eigenvalue weighted by Gasteiger charge is 2.46. The third-order valence-electron chi connectivity index (χ3n) is 3.86. The van der Waals surface area contributed by atoms with E-state index in [1.807, 2.05) is 4.90 Å². The summed E-state index contributed by atoms with van der Waals surface area (Å²) in [5.41, 5.74) is -1.56. The zero-order chi connectivity index (χ0) is 13.6. The zero-order valence-corrected chi connectivity index (χ0v) is 11.3. The van der Waals surface area contributed by atoms with Crippen LogP contribution in [0.1, 0.15) is 39.0 Å². The summed E-state index contributed by atoms with van der Waals surface area (Å²) in [7, 11) is 0. The lowest BCUT2D eigenvalue weighted by atomic mass is 9.83. The fourth-order valence-electron chi connectivity index (χ4n) is 2.56. The molecular formula is C13H27NO4. The van der Waals surface area contributed by atoms with Gasteiger partial charge >= 0.3 is 0 Å². The Balaban J connectivity index is 2.41. The van der Waals surface area contributed by atoms with Gasteiger partial charge in [-0.05, 0) is 13.0 Å². The smallest absolute Gasteiger partial charge is 0.121 e. The maximum absolute atomic E-state index is 10.1. The molecule has 1 saturated heterocycles. The molecule has 108 valence electrons. The quantitative estimate of drug-likeness (QED) is 0.474. The number of hydrogen-bond acceptors (Lipinski definition) is 5. The van der Waals surface area contributed by atoms with Crippen molar-refractivity contribution in [1.29, 1.82) is 0 Å². The number of hydrogen-bond donors (Lipinski definition) is 4. The average molecular weight is 261 g/mol. The van der Waals surface area contributed by atoms with Crippen LogP contribution in [0.3, 0.4) is 0 Å². The molecule has 0 spiro atoms. The Morgan fingerprint density at radius 3 is 2.22 bits per heavy atom. The van der Waals surface area contributed by atoms with Gasteiger partial charge in [0.2, 0.25) is 0 Å². The third-order valence-corrected chi connectivity index (χ3v) is 3.86. The maximum Gasteiger partial charge on any atom is 0.121 e. The van der Waals surface area contributed by atoms with Crippen LogP contribution >= 0.6 is 0 Å². The molecule has 0 aromatic carbocycles. The summed E-state index contributed by atoms with van der Waals surface area (Å²) in [6.07, 6.45) is 2.60. The first-order valence-corrected chi connectivity index (χ1v) is 6.96. The Morgan fingerprint density at radius 2 is 1.72 bits per heavy atom. The fourth-order valence-corrected chi connectivity index (χ4v) is 2.56. The average Bonchev–Trinajstić information content (AvgIpc) is 2.32. The number of piperidine rings is 1. The van der Waals surface area contributed by atoms with Crippen molar-refractivity contribution in [2.75, 3.05) is 26.2 Å². The molecule has 1 heterocycles. The molecule has 4 N–H and O–H groups in total. The molecule has 0 aromatic rings. The number of unbranched alkanes of at least 4 members (excludes halogenated alkanes) is 3. The Labute approximate surface area is 109 Å². The summed E-state index contributed by atoms with van der Waals surface area (Å²) in [5, 5.41) is 38.9. The van der Waals surface area contributed by atoms with Crippen LogP contribution in [0.2, 0.25) is 0 Å². The van der Waals surface area contributed by atoms with Gasteiger partial charge in [-0.2, -0.15) is 0 Å². The largest absolute Gasteiger partial charge is 0.396 e. The van der Waals surface area contributed by atoms with E-state index >= 15 is 0 Å². The van der Waals surface area contributed by atoms with E-state index in [1.165, 1.54) is 12.8 Å². The summed E-state index contributed by atoms with van der Waals surface area (Å²) >= 11 is 0. The van der Waals surface area contributed by atoms with Crippen LogP contribution in [0.15, 0.2) is 0 Å². The highest BCUT2D eigenvalue weighted by Crippen LogP contribution is 2.26. The second kappa shape index (κ2) is 7.40. The summed E-state index contributed by atoms with van der Waals surface area (Å²) < 4.78 is 0. The van der Waals surface area contributed by atoms with Gasteiger partial charge < -0.3 is 20.4 Å². The Kier molecular flexibility index (Phi) is 6.52. The molecule has 0 bridgehead atoms. The molecule has 18 heavy (non-hydrogen) atoms. The predicted molar refractivity (Wildman–Crippen MR) is 69.2 cm³/mol. The molecular weight excluding hydrogens is 234 g/mol. The normalized spacial score (nSPS) is 33.8. The van der Waals surface area contributed by atoms with Crippen LogP contribution in [0.4, 0.5) is 0 Å². The SMILES string of the molecule is CCCCCCN1C[C@@H](O)C(O)(CCO)[C@@H](O)C1. The lowest BCUT2D eigenvalue weighted by Crippen LogP contribution is -2.64. The molecule has 1 aliphatic rings. The standard InChI is InChI=1S/C13H27NO4/c1-2-3-4-5-7-14-9-11(16)13(18,6-8-15)12(17)10-14/h11-12,15-18H,2-10H2,1H3/t11-,12+,13?. The van der Waals surface area contributed by atoms with E-state index in [0.29, 0.717) is 13.1 Å². The molecule has 0 aliphatic carbocycles. The highest BCUT2D eigenvalue weighted by atomic mass is 16.4. The Bertz CT molecular complexity index is 225. The van der Waals surface area contributed by atoms with Crippen molar-refractivity contribution >= 4 is 0 Å². The number of rotatable bonds is 7. The number of aliphatic hydroxyl groups is 4. The molecule has 0 amide bonds. The molecule has 5 nitrogen and oxygen atoms in total. The molecule has 1 fully saturated rings. The van der Waals surface area contributed by atoms with Gasteiger partial charge in [0.25, 0.3) is 0 Å². The van der Waals surface area contributed by atoms with Gasteiger partial charge in [0.15, 0.2) is 0 Å². The zero-order valence-electron chi connectivity index (χ0n) is 11.3. The molecule has 3 atom stereocenters. The van der Waals surface area contributed by atoms with E-state index in [-0.39, 0.29) is 13.0 Å². The number of nitrogens with zero attached hydrogens (tertiary/aromatic N) is 1. The Hall–Kier alpha value is -0.200. The van der Waals surface area contributed by atoms with Crippen LogP contribution in [0.25, 0.3) is 0 Å². The Morgan fingerprint density at radius 1 is 1.11 bits per heavy atom. The van der Waals surface area contributed by atoms with Gasteiger partial charge in [-0.1, -0.05) is 26.2 Å². The summed E-state index contributed by atoms with van der Waals surface area (Å²) in [4.78, 5) is 1.98. The summed E-state index contributed by atoms with van der Waals surface area (Å²) in [5.74, 6) is 0. The van der Waals surface area contributed by atoms with Gasteiger partial charge in [-0.3, -0.25) is 4.90 Å². The minimum atomic E-state index is -1.56. The second-order valence-electron chi connectivity index (χ2n) is 5.32. The second-order valence-corrected chi connectivity index (χ2v) is 5.32. The van der Waals surface area contributed by atoms with Crippen LogP contribution < -0.4 is 0 Å². The number of aliphatic hydroxyl groups excluding tert-OH is 3. The summed E-state index contributed by atoms with van der Waals surface area (Å²) in [6.45, 7) is 3.48. The van der Waals surface area contributed by atoms with Gasteiger partial charge in [-0.25, -0.2) is 0 Å². The van der Waals surface area contributed by atoms with E-state index in [4.69, 9.17) is 5.11 Å². The van der Waals surface area contributed by atoms with Crippen LogP contribution in [-0.4, -0.2) is 69.4 Å². The van der Waals surface area contributed by atoms with Crippen molar-refractivity contribution in [3.63, 3.8) is 0 Å². The predicted octanol–water partition coefficient (Wildman–Crippen LogP) is -0.282. The van der Waals surface area contributed by atoms with E-state index in [1.54, 1.807) is 0 Å². The molecule has 5 heteroatoms. The summed E-state index contributed by atoms with van der Waals surface area (Å²) in [6, 6.07) is 0. The molecule has 1 rings (SSSR count). The van der Waals surface area contributed by atoms with Crippen molar-refractivity contribution in [2.24, 2.45) is 0 Å². The van der Waals surface area contributed by atoms with E-state index in [2.05, 4.69) is 6.92 Å². The van der Waals surface area contributed by atoms with Gasteiger partial charge in [0.1, 0.15) is 5.60 Å². The molecule has 0 radical (unpaired) electrons. The van der Waals surface area contributed by atoms with Gasteiger partial charge in [-0.15, -0.1) is 0 Å². The highest BCUT2D eigenvalue weighted by molar-refractivity contribution is 4.99. The molecule has 1 aliphatic heterocycles. The molecule has 0 aromatic heterocycles. The molecule has 1 unspecified atom stereocenters. The van der Waals surface area contributed by atoms with Crippen molar-refractivity contribution in [3.05, 3.63) is 0 Å². The molecule has 0 saturated carbocycles. The van der Waals surface area contributed by atoms with Crippen molar-refractivity contribution < 1.29 is 20.4 Å². The van der Waals surface area contributed by atoms with Crippen LogP contribution in [-0.2, 0) is 0 Å². The first-order valence-electron chi connectivity index (χ1n) is 6.96. The maximum atomic E-state index is 10.1.